The average Bonchev–Trinajstić information content (AvgIpc) is 2.68. The zero-order valence-corrected chi connectivity index (χ0v) is 14.3. The van der Waals surface area contributed by atoms with E-state index in [9.17, 15) is 13.2 Å². The van der Waals surface area contributed by atoms with E-state index in [1.54, 1.807) is 15.4 Å². The predicted molar refractivity (Wildman–Crippen MR) is 85.4 cm³/mol. The van der Waals surface area contributed by atoms with Gasteiger partial charge >= 0.3 is 0 Å². The zero-order valence-electron chi connectivity index (χ0n) is 13.5. The van der Waals surface area contributed by atoms with Crippen LogP contribution in [0.15, 0.2) is 12.4 Å². The summed E-state index contributed by atoms with van der Waals surface area (Å²) < 4.78 is 26.6. The Morgan fingerprint density at radius 1 is 1.26 bits per heavy atom. The van der Waals surface area contributed by atoms with E-state index >= 15 is 0 Å². The molecular formula is C15H22N4O3S. The molecule has 1 aromatic rings. The minimum absolute atomic E-state index is 0.113. The standard InChI is InChI=1S/C15H22N4O3S/c1-3-19-10-12-4-6-18(7-5-14(12)23(19,21)22)15(20)13-9-16-11(2)8-17-13/h8-9,12,14H,3-7,10H2,1-2H3/t12-,14-/m1/s1. The number of carbonyl (C=O) groups is 1. The van der Waals surface area contributed by atoms with Gasteiger partial charge < -0.3 is 4.90 Å². The van der Waals surface area contributed by atoms with Gasteiger partial charge in [0.15, 0.2) is 0 Å². The van der Waals surface area contributed by atoms with Crippen molar-refractivity contribution < 1.29 is 13.2 Å². The summed E-state index contributed by atoms with van der Waals surface area (Å²) >= 11 is 0. The maximum atomic E-state index is 12.5. The van der Waals surface area contributed by atoms with Gasteiger partial charge in [-0.2, -0.15) is 0 Å². The molecule has 8 heteroatoms. The molecule has 0 saturated carbocycles. The van der Waals surface area contributed by atoms with Crippen LogP contribution in [0.1, 0.15) is 35.9 Å². The predicted octanol–water partition coefficient (Wildman–Crippen LogP) is 0.671. The number of aryl methyl sites for hydroxylation is 1. The number of fused-ring (bicyclic) bond motifs is 1. The highest BCUT2D eigenvalue weighted by molar-refractivity contribution is 7.90. The molecule has 0 bridgehead atoms. The molecule has 1 amide bonds. The Balaban J connectivity index is 1.73. The Hall–Kier alpha value is -1.54. The molecule has 3 rings (SSSR count). The third-order valence-corrected chi connectivity index (χ3v) is 7.31. The van der Waals surface area contributed by atoms with E-state index in [0.717, 1.165) is 5.69 Å². The van der Waals surface area contributed by atoms with E-state index in [2.05, 4.69) is 9.97 Å². The number of aromatic nitrogens is 2. The molecule has 2 atom stereocenters. The van der Waals surface area contributed by atoms with Crippen LogP contribution in [0, 0.1) is 12.8 Å². The summed E-state index contributed by atoms with van der Waals surface area (Å²) in [6, 6.07) is 0. The van der Waals surface area contributed by atoms with Crippen molar-refractivity contribution >= 4 is 15.9 Å². The van der Waals surface area contributed by atoms with Crippen molar-refractivity contribution in [1.82, 2.24) is 19.2 Å². The van der Waals surface area contributed by atoms with Crippen molar-refractivity contribution in [2.45, 2.75) is 31.9 Å². The molecule has 0 aliphatic carbocycles. The molecule has 0 radical (unpaired) electrons. The summed E-state index contributed by atoms with van der Waals surface area (Å²) in [6.45, 7) is 5.81. The smallest absolute Gasteiger partial charge is 0.274 e. The quantitative estimate of drug-likeness (QED) is 0.791. The highest BCUT2D eigenvalue weighted by Crippen LogP contribution is 2.34. The minimum atomic E-state index is -3.21. The first-order valence-corrected chi connectivity index (χ1v) is 9.50. The molecule has 1 aromatic heterocycles. The molecule has 2 saturated heterocycles. The van der Waals surface area contributed by atoms with Gasteiger partial charge in [-0.1, -0.05) is 6.92 Å². The van der Waals surface area contributed by atoms with E-state index in [1.165, 1.54) is 6.20 Å². The number of rotatable bonds is 2. The first kappa shape index (κ1) is 16.3. The highest BCUT2D eigenvalue weighted by atomic mass is 32.2. The van der Waals surface area contributed by atoms with Gasteiger partial charge in [-0.05, 0) is 25.7 Å². The molecule has 23 heavy (non-hydrogen) atoms. The molecule has 2 aliphatic heterocycles. The molecular weight excluding hydrogens is 316 g/mol. The van der Waals surface area contributed by atoms with Crippen molar-refractivity contribution in [3.8, 4) is 0 Å². The normalized spacial score (nSPS) is 27.5. The van der Waals surface area contributed by atoms with Gasteiger partial charge in [0.2, 0.25) is 10.0 Å². The van der Waals surface area contributed by atoms with Crippen molar-refractivity contribution in [1.29, 1.82) is 0 Å². The van der Waals surface area contributed by atoms with Gasteiger partial charge in [0.1, 0.15) is 5.69 Å². The second-order valence-electron chi connectivity index (χ2n) is 6.21. The lowest BCUT2D eigenvalue weighted by Crippen LogP contribution is -2.35. The van der Waals surface area contributed by atoms with Crippen LogP contribution in [0.25, 0.3) is 0 Å². The van der Waals surface area contributed by atoms with Crippen LogP contribution in [0.2, 0.25) is 0 Å². The molecule has 3 heterocycles. The fraction of sp³-hybridized carbons (Fsp3) is 0.667. The first-order valence-electron chi connectivity index (χ1n) is 8.00. The third-order valence-electron chi connectivity index (χ3n) is 4.80. The molecule has 0 N–H and O–H groups in total. The van der Waals surface area contributed by atoms with Gasteiger partial charge in [0.05, 0.1) is 17.1 Å². The van der Waals surface area contributed by atoms with E-state index < -0.39 is 10.0 Å². The number of carbonyl (C=O) groups excluding carboxylic acids is 1. The number of hydrogen-bond acceptors (Lipinski definition) is 5. The highest BCUT2D eigenvalue weighted by Gasteiger charge is 2.46. The molecule has 2 fully saturated rings. The largest absolute Gasteiger partial charge is 0.337 e. The second kappa shape index (κ2) is 6.16. The SMILES string of the molecule is CCN1C[C@H]2CCN(C(=O)c3cnc(C)cn3)CC[C@H]2S1(=O)=O. The Morgan fingerprint density at radius 3 is 2.65 bits per heavy atom. The topological polar surface area (TPSA) is 83.5 Å². The number of hydrogen-bond donors (Lipinski definition) is 0. The maximum absolute atomic E-state index is 12.5. The Morgan fingerprint density at radius 2 is 2.00 bits per heavy atom. The Labute approximate surface area is 136 Å². The van der Waals surface area contributed by atoms with Crippen LogP contribution < -0.4 is 0 Å². The summed E-state index contributed by atoms with van der Waals surface area (Å²) in [4.78, 5) is 22.5. The van der Waals surface area contributed by atoms with Crippen LogP contribution in [0.5, 0.6) is 0 Å². The van der Waals surface area contributed by atoms with Crippen molar-refractivity contribution in [2.24, 2.45) is 5.92 Å². The summed E-state index contributed by atoms with van der Waals surface area (Å²) in [6.07, 6.45) is 4.27. The van der Waals surface area contributed by atoms with Gasteiger partial charge in [-0.15, -0.1) is 0 Å². The summed E-state index contributed by atoms with van der Waals surface area (Å²) in [5, 5.41) is -0.357. The molecule has 0 spiro atoms. The zero-order chi connectivity index (χ0) is 16.6. The van der Waals surface area contributed by atoms with Crippen LogP contribution in [0.3, 0.4) is 0 Å². The summed E-state index contributed by atoms with van der Waals surface area (Å²) in [7, 11) is -3.21. The van der Waals surface area contributed by atoms with Crippen LogP contribution >= 0.6 is 0 Å². The number of likely N-dealkylation sites (tertiary alicyclic amines) is 1. The lowest BCUT2D eigenvalue weighted by molar-refractivity contribution is 0.0752. The molecule has 7 nitrogen and oxygen atoms in total. The van der Waals surface area contributed by atoms with E-state index in [1.807, 2.05) is 13.8 Å². The number of nitrogens with zero attached hydrogens (tertiary/aromatic N) is 4. The number of amides is 1. The summed E-state index contributed by atoms with van der Waals surface area (Å²) in [5.74, 6) is -0.0518. The fourth-order valence-electron chi connectivity index (χ4n) is 3.47. The van der Waals surface area contributed by atoms with E-state index in [0.29, 0.717) is 44.7 Å². The maximum Gasteiger partial charge on any atom is 0.274 e. The molecule has 0 aromatic carbocycles. The Kier molecular flexibility index (Phi) is 4.37. The van der Waals surface area contributed by atoms with E-state index in [-0.39, 0.29) is 17.1 Å². The Bertz CT molecular complexity index is 689. The van der Waals surface area contributed by atoms with Crippen LogP contribution in [0.4, 0.5) is 0 Å². The van der Waals surface area contributed by atoms with Crippen molar-refractivity contribution in [3.63, 3.8) is 0 Å². The third kappa shape index (κ3) is 2.97. The van der Waals surface area contributed by atoms with Gasteiger partial charge in [-0.25, -0.2) is 17.7 Å². The van der Waals surface area contributed by atoms with Gasteiger partial charge in [-0.3, -0.25) is 9.78 Å². The van der Waals surface area contributed by atoms with Crippen LogP contribution in [-0.2, 0) is 10.0 Å². The molecule has 126 valence electrons. The van der Waals surface area contributed by atoms with Gasteiger partial charge in [0.25, 0.3) is 5.91 Å². The first-order chi connectivity index (χ1) is 10.9. The molecule has 0 unspecified atom stereocenters. The van der Waals surface area contributed by atoms with E-state index in [4.69, 9.17) is 0 Å². The lowest BCUT2D eigenvalue weighted by Gasteiger charge is -2.21. The minimum Gasteiger partial charge on any atom is -0.337 e. The second-order valence-corrected chi connectivity index (χ2v) is 8.36. The summed E-state index contributed by atoms with van der Waals surface area (Å²) in [5.41, 5.74) is 1.08. The lowest BCUT2D eigenvalue weighted by atomic mass is 10.0. The fourth-order valence-corrected chi connectivity index (χ4v) is 5.73. The monoisotopic (exact) mass is 338 g/mol. The number of sulfonamides is 1. The van der Waals surface area contributed by atoms with Crippen molar-refractivity contribution in [3.05, 3.63) is 23.8 Å². The van der Waals surface area contributed by atoms with Gasteiger partial charge in [0, 0.05) is 32.4 Å². The van der Waals surface area contributed by atoms with Crippen LogP contribution in [-0.4, -0.2) is 64.9 Å². The van der Waals surface area contributed by atoms with Crippen molar-refractivity contribution in [2.75, 3.05) is 26.2 Å². The molecule has 2 aliphatic rings. The average molecular weight is 338 g/mol.